The Hall–Kier alpha value is -3.27. The van der Waals surface area contributed by atoms with E-state index in [2.05, 4.69) is 22.5 Å². The maximum atomic E-state index is 12.3. The molecule has 0 aromatic heterocycles. The molecule has 3 aromatic rings. The molecule has 0 bridgehead atoms. The monoisotopic (exact) mass is 484 g/mol. The highest BCUT2D eigenvalue weighted by atomic mass is 35.5. The van der Waals surface area contributed by atoms with Gasteiger partial charge >= 0.3 is 5.97 Å². The number of halogens is 2. The number of hydrogen-bond donors (Lipinski definition) is 2. The van der Waals surface area contributed by atoms with Crippen molar-refractivity contribution in [3.63, 3.8) is 0 Å². The SMILES string of the molecule is CCCNc1c(N[C@@H](Cc2ccc(C#Cc3c(Cl)cccc3Cl)cc2)C(=O)OC)c(=O)c1=O. The molecule has 1 atom stereocenters. The highest BCUT2D eigenvalue weighted by Crippen LogP contribution is 2.23. The summed E-state index contributed by atoms with van der Waals surface area (Å²) in [6, 6.07) is 11.6. The van der Waals surface area contributed by atoms with Crippen LogP contribution in [0.4, 0.5) is 11.4 Å². The molecule has 0 radical (unpaired) electrons. The van der Waals surface area contributed by atoms with Gasteiger partial charge in [-0.2, -0.15) is 0 Å². The lowest BCUT2D eigenvalue weighted by Gasteiger charge is -2.21. The molecular formula is C25H22Cl2N2O4. The molecule has 0 aliphatic carbocycles. The Balaban J connectivity index is 1.76. The topological polar surface area (TPSA) is 84.5 Å². The minimum Gasteiger partial charge on any atom is -0.467 e. The van der Waals surface area contributed by atoms with Crippen LogP contribution >= 0.6 is 23.2 Å². The van der Waals surface area contributed by atoms with Crippen LogP contribution < -0.4 is 21.5 Å². The van der Waals surface area contributed by atoms with Gasteiger partial charge in [-0.3, -0.25) is 9.59 Å². The van der Waals surface area contributed by atoms with Gasteiger partial charge < -0.3 is 15.4 Å². The molecule has 3 aromatic carbocycles. The zero-order chi connectivity index (χ0) is 24.0. The fourth-order valence-electron chi connectivity index (χ4n) is 3.17. The molecule has 2 N–H and O–H groups in total. The van der Waals surface area contributed by atoms with Gasteiger partial charge in [0.15, 0.2) is 0 Å². The second-order valence-corrected chi connectivity index (χ2v) is 8.12. The number of ether oxygens (including phenoxy) is 1. The normalized spacial score (nSPS) is 11.4. The van der Waals surface area contributed by atoms with Crippen molar-refractivity contribution in [3.05, 3.63) is 89.6 Å². The highest BCUT2D eigenvalue weighted by Gasteiger charge is 2.27. The molecule has 0 saturated carbocycles. The summed E-state index contributed by atoms with van der Waals surface area (Å²) >= 11 is 12.3. The van der Waals surface area contributed by atoms with Crippen LogP contribution in [0.25, 0.3) is 0 Å². The van der Waals surface area contributed by atoms with Gasteiger partial charge in [-0.25, -0.2) is 4.79 Å². The molecule has 0 aliphatic rings. The van der Waals surface area contributed by atoms with Crippen LogP contribution in [0.3, 0.4) is 0 Å². The second-order valence-electron chi connectivity index (χ2n) is 7.30. The van der Waals surface area contributed by atoms with Crippen LogP contribution in [0.1, 0.15) is 30.0 Å². The van der Waals surface area contributed by atoms with Gasteiger partial charge in [0.1, 0.15) is 17.4 Å². The van der Waals surface area contributed by atoms with Crippen molar-refractivity contribution in [2.45, 2.75) is 25.8 Å². The van der Waals surface area contributed by atoms with Crippen molar-refractivity contribution in [1.82, 2.24) is 0 Å². The number of nitrogens with one attached hydrogen (secondary N) is 2. The van der Waals surface area contributed by atoms with E-state index in [1.165, 1.54) is 7.11 Å². The average molecular weight is 485 g/mol. The van der Waals surface area contributed by atoms with Gasteiger partial charge in [-0.05, 0) is 36.2 Å². The third kappa shape index (κ3) is 5.75. The molecule has 0 spiro atoms. The number of methoxy groups -OCH3 is 1. The smallest absolute Gasteiger partial charge is 0.328 e. The summed E-state index contributed by atoms with van der Waals surface area (Å²) in [5.41, 5.74) is 1.21. The third-order valence-electron chi connectivity index (χ3n) is 4.95. The maximum Gasteiger partial charge on any atom is 0.328 e. The molecule has 33 heavy (non-hydrogen) atoms. The average Bonchev–Trinajstić information content (AvgIpc) is 2.82. The van der Waals surface area contributed by atoms with Gasteiger partial charge in [-0.1, -0.05) is 60.2 Å². The first-order chi connectivity index (χ1) is 15.8. The van der Waals surface area contributed by atoms with E-state index in [-0.39, 0.29) is 17.8 Å². The first-order valence-corrected chi connectivity index (χ1v) is 11.1. The molecule has 0 heterocycles. The minimum absolute atomic E-state index is 0.114. The summed E-state index contributed by atoms with van der Waals surface area (Å²) in [6.45, 7) is 2.49. The summed E-state index contributed by atoms with van der Waals surface area (Å²) in [5.74, 6) is 5.45. The lowest BCUT2D eigenvalue weighted by atomic mass is 10.0. The predicted molar refractivity (Wildman–Crippen MR) is 132 cm³/mol. The first-order valence-electron chi connectivity index (χ1n) is 10.3. The Morgan fingerprint density at radius 1 is 1.00 bits per heavy atom. The van der Waals surface area contributed by atoms with Crippen LogP contribution in [0.15, 0.2) is 52.1 Å². The van der Waals surface area contributed by atoms with E-state index in [0.717, 1.165) is 17.5 Å². The number of benzene rings is 2. The standard InChI is InChI=1S/C25H22Cl2N2O4/c1-3-13-28-21-22(24(31)23(21)30)29-20(25(32)33-2)14-16-9-7-15(8-10-16)11-12-17-18(26)5-4-6-19(17)27/h4-10,20,28-29H,3,13-14H2,1-2H3/t20-/m0/s1. The zero-order valence-corrected chi connectivity index (χ0v) is 19.6. The Morgan fingerprint density at radius 2 is 1.64 bits per heavy atom. The zero-order valence-electron chi connectivity index (χ0n) is 18.1. The van der Waals surface area contributed by atoms with Gasteiger partial charge in [0.2, 0.25) is 0 Å². The van der Waals surface area contributed by atoms with Crippen LogP contribution in [-0.4, -0.2) is 25.7 Å². The van der Waals surface area contributed by atoms with E-state index in [9.17, 15) is 14.4 Å². The lowest BCUT2D eigenvalue weighted by molar-refractivity contribution is -0.141. The first kappa shape index (κ1) is 24.4. The minimum atomic E-state index is -0.834. The Morgan fingerprint density at radius 3 is 2.24 bits per heavy atom. The molecule has 0 amide bonds. The number of esters is 1. The van der Waals surface area contributed by atoms with E-state index >= 15 is 0 Å². The fraction of sp³-hybridized carbons (Fsp3) is 0.240. The molecular weight excluding hydrogens is 463 g/mol. The number of rotatable bonds is 8. The second kappa shape index (κ2) is 11.0. The maximum absolute atomic E-state index is 12.3. The molecule has 6 nitrogen and oxygen atoms in total. The summed E-state index contributed by atoms with van der Waals surface area (Å²) in [6.07, 6.45) is 1.04. The number of hydrogen-bond acceptors (Lipinski definition) is 6. The van der Waals surface area contributed by atoms with Crippen molar-refractivity contribution in [2.24, 2.45) is 0 Å². The molecule has 0 saturated heterocycles. The molecule has 0 fully saturated rings. The van der Waals surface area contributed by atoms with E-state index in [4.69, 9.17) is 27.9 Å². The molecule has 8 heteroatoms. The van der Waals surface area contributed by atoms with Crippen molar-refractivity contribution >= 4 is 40.5 Å². The Labute approximate surface area is 201 Å². The van der Waals surface area contributed by atoms with Crippen molar-refractivity contribution in [1.29, 1.82) is 0 Å². The highest BCUT2D eigenvalue weighted by molar-refractivity contribution is 6.36. The summed E-state index contributed by atoms with van der Waals surface area (Å²) in [7, 11) is 1.27. The summed E-state index contributed by atoms with van der Waals surface area (Å²) < 4.78 is 4.88. The van der Waals surface area contributed by atoms with E-state index in [1.807, 2.05) is 31.2 Å². The van der Waals surface area contributed by atoms with Gasteiger partial charge in [0.05, 0.1) is 22.7 Å². The van der Waals surface area contributed by atoms with Gasteiger partial charge in [-0.15, -0.1) is 0 Å². The summed E-state index contributed by atoms with van der Waals surface area (Å²) in [4.78, 5) is 36.2. The van der Waals surface area contributed by atoms with E-state index < -0.39 is 22.9 Å². The van der Waals surface area contributed by atoms with Crippen LogP contribution in [0, 0.1) is 11.8 Å². The molecule has 0 unspecified atom stereocenters. The molecule has 170 valence electrons. The number of carbonyl (C=O) groups excluding carboxylic acids is 1. The van der Waals surface area contributed by atoms with Crippen LogP contribution in [-0.2, 0) is 16.0 Å². The number of carbonyl (C=O) groups is 1. The van der Waals surface area contributed by atoms with Crippen molar-refractivity contribution < 1.29 is 9.53 Å². The Bertz CT molecular complexity index is 1260. The molecule has 0 aliphatic heterocycles. The van der Waals surface area contributed by atoms with Crippen LogP contribution in [0.2, 0.25) is 10.0 Å². The lowest BCUT2D eigenvalue weighted by Crippen LogP contribution is -2.42. The van der Waals surface area contributed by atoms with Gasteiger partial charge in [0, 0.05) is 18.5 Å². The van der Waals surface area contributed by atoms with E-state index in [1.54, 1.807) is 18.2 Å². The number of anilines is 2. The summed E-state index contributed by atoms with van der Waals surface area (Å²) in [5, 5.41) is 6.76. The molecule has 3 rings (SSSR count). The quantitative estimate of drug-likeness (QED) is 0.285. The van der Waals surface area contributed by atoms with Crippen molar-refractivity contribution in [2.75, 3.05) is 24.3 Å². The fourth-order valence-corrected chi connectivity index (χ4v) is 3.66. The third-order valence-corrected chi connectivity index (χ3v) is 5.58. The van der Waals surface area contributed by atoms with Gasteiger partial charge in [0.25, 0.3) is 10.9 Å². The van der Waals surface area contributed by atoms with Crippen LogP contribution in [0.5, 0.6) is 0 Å². The largest absolute Gasteiger partial charge is 0.467 e. The van der Waals surface area contributed by atoms with E-state index in [0.29, 0.717) is 22.2 Å². The van der Waals surface area contributed by atoms with Crippen molar-refractivity contribution in [3.8, 4) is 11.8 Å². The Kier molecular flexibility index (Phi) is 8.16. The predicted octanol–water partition coefficient (Wildman–Crippen LogP) is 4.01.